The number of nitrogens with one attached hydrogen (secondary N) is 1. The van der Waals surface area contributed by atoms with Crippen molar-refractivity contribution in [1.29, 1.82) is 0 Å². The highest BCUT2D eigenvalue weighted by Gasteiger charge is 2.08. The van der Waals surface area contributed by atoms with E-state index in [1.807, 2.05) is 24.3 Å². The summed E-state index contributed by atoms with van der Waals surface area (Å²) in [4.78, 5) is 0. The molecule has 0 saturated heterocycles. The second-order valence-electron chi connectivity index (χ2n) is 4.78. The Kier molecular flexibility index (Phi) is 5.67. The molecule has 0 amide bonds. The number of phenolic OH excluding ortho intramolecular Hbond substituents is 1. The summed E-state index contributed by atoms with van der Waals surface area (Å²) < 4.78 is 6.53. The van der Waals surface area contributed by atoms with Crippen molar-refractivity contribution in [3.05, 3.63) is 56.5 Å². The third-order valence-electron chi connectivity index (χ3n) is 3.30. The molecule has 0 aliphatic rings. The molecule has 0 spiro atoms. The third kappa shape index (κ3) is 4.22. The van der Waals surface area contributed by atoms with Gasteiger partial charge < -0.3 is 15.2 Å². The van der Waals surface area contributed by atoms with Gasteiger partial charge in [0.1, 0.15) is 11.5 Å². The van der Waals surface area contributed by atoms with E-state index in [4.69, 9.17) is 4.74 Å². The van der Waals surface area contributed by atoms with Crippen molar-refractivity contribution < 1.29 is 9.84 Å². The van der Waals surface area contributed by atoms with Crippen LogP contribution in [0.5, 0.6) is 11.5 Å². The van der Waals surface area contributed by atoms with Gasteiger partial charge in [0.15, 0.2) is 0 Å². The van der Waals surface area contributed by atoms with E-state index in [1.165, 1.54) is 5.56 Å². The molecule has 5 heteroatoms. The summed E-state index contributed by atoms with van der Waals surface area (Å²) in [5.74, 6) is 1.08. The molecule has 0 aliphatic heterocycles. The summed E-state index contributed by atoms with van der Waals surface area (Å²) in [5, 5.41) is 13.2. The molecule has 2 rings (SSSR count). The van der Waals surface area contributed by atoms with E-state index in [0.717, 1.165) is 11.3 Å². The van der Waals surface area contributed by atoms with Crippen molar-refractivity contribution in [1.82, 2.24) is 5.32 Å². The lowest BCUT2D eigenvalue weighted by Gasteiger charge is -2.15. The fourth-order valence-corrected chi connectivity index (χ4v) is 3.28. The molecular weight excluding hydrogens is 398 g/mol. The molecule has 0 heterocycles. The summed E-state index contributed by atoms with van der Waals surface area (Å²) in [6.45, 7) is 2.83. The Morgan fingerprint density at radius 2 is 1.71 bits per heavy atom. The molecule has 0 aliphatic carbocycles. The number of phenols is 1. The second-order valence-corrected chi connectivity index (χ2v) is 6.49. The van der Waals surface area contributed by atoms with Crippen molar-refractivity contribution in [2.75, 3.05) is 7.11 Å². The number of benzene rings is 2. The van der Waals surface area contributed by atoms with Gasteiger partial charge in [-0.15, -0.1) is 0 Å². The van der Waals surface area contributed by atoms with Gasteiger partial charge in [-0.25, -0.2) is 0 Å². The molecule has 21 heavy (non-hydrogen) atoms. The number of hydrogen-bond acceptors (Lipinski definition) is 3. The second kappa shape index (κ2) is 7.29. The highest BCUT2D eigenvalue weighted by Crippen LogP contribution is 2.33. The first-order chi connectivity index (χ1) is 10.0. The zero-order valence-corrected chi connectivity index (χ0v) is 15.0. The van der Waals surface area contributed by atoms with Gasteiger partial charge >= 0.3 is 0 Å². The van der Waals surface area contributed by atoms with Crippen LogP contribution < -0.4 is 10.1 Å². The topological polar surface area (TPSA) is 41.5 Å². The number of ether oxygens (including phenoxy) is 1. The van der Waals surface area contributed by atoms with Crippen LogP contribution in [0.1, 0.15) is 24.1 Å². The van der Waals surface area contributed by atoms with Gasteiger partial charge in [-0.1, -0.05) is 12.1 Å². The van der Waals surface area contributed by atoms with Gasteiger partial charge in [-0.05, 0) is 74.2 Å². The largest absolute Gasteiger partial charge is 0.506 e. The van der Waals surface area contributed by atoms with Gasteiger partial charge in [0.25, 0.3) is 0 Å². The summed E-state index contributed by atoms with van der Waals surface area (Å²) in [6, 6.07) is 12.1. The molecule has 0 aromatic heterocycles. The van der Waals surface area contributed by atoms with Crippen molar-refractivity contribution in [2.45, 2.75) is 19.5 Å². The van der Waals surface area contributed by atoms with Gasteiger partial charge in [-0.2, -0.15) is 0 Å². The molecule has 2 N–H and O–H groups in total. The SMILES string of the molecule is COc1ccc([C@@H](C)NCc2cc(Br)c(O)c(Br)c2)cc1. The average Bonchev–Trinajstić information content (AvgIpc) is 2.50. The standard InChI is InChI=1S/C16H17Br2NO2/c1-10(12-3-5-13(21-2)6-4-12)19-9-11-7-14(17)16(20)15(18)8-11/h3-8,10,19-20H,9H2,1-2H3/t10-/m1/s1. The first kappa shape index (κ1) is 16.3. The molecular formula is C16H17Br2NO2. The lowest BCUT2D eigenvalue weighted by molar-refractivity contribution is 0.414. The van der Waals surface area contributed by atoms with Gasteiger partial charge in [0.2, 0.25) is 0 Å². The molecule has 0 bridgehead atoms. The van der Waals surface area contributed by atoms with Crippen molar-refractivity contribution in [3.8, 4) is 11.5 Å². The number of hydrogen-bond donors (Lipinski definition) is 2. The van der Waals surface area contributed by atoms with Crippen LogP contribution in [0.15, 0.2) is 45.3 Å². The Morgan fingerprint density at radius 3 is 2.24 bits per heavy atom. The maximum absolute atomic E-state index is 9.71. The Bertz CT molecular complexity index is 591. The molecule has 0 unspecified atom stereocenters. The third-order valence-corrected chi connectivity index (χ3v) is 4.51. The van der Waals surface area contributed by atoms with E-state index < -0.39 is 0 Å². The van der Waals surface area contributed by atoms with Crippen LogP contribution in [0.3, 0.4) is 0 Å². The zero-order chi connectivity index (χ0) is 15.4. The molecule has 112 valence electrons. The zero-order valence-electron chi connectivity index (χ0n) is 11.9. The summed E-state index contributed by atoms with van der Waals surface area (Å²) in [5.41, 5.74) is 2.29. The minimum atomic E-state index is 0.224. The summed E-state index contributed by atoms with van der Waals surface area (Å²) in [6.07, 6.45) is 0. The normalized spacial score (nSPS) is 12.2. The summed E-state index contributed by atoms with van der Waals surface area (Å²) in [7, 11) is 1.66. The quantitative estimate of drug-likeness (QED) is 0.739. The van der Waals surface area contributed by atoms with Crippen molar-refractivity contribution in [2.24, 2.45) is 0 Å². The first-order valence-electron chi connectivity index (χ1n) is 6.55. The maximum Gasteiger partial charge on any atom is 0.143 e. The van der Waals surface area contributed by atoms with Crippen LogP contribution in [-0.4, -0.2) is 12.2 Å². The summed E-state index contributed by atoms with van der Waals surface area (Å²) >= 11 is 6.69. The molecule has 2 aromatic rings. The number of halogens is 2. The van der Waals surface area contributed by atoms with E-state index in [9.17, 15) is 5.11 Å². The van der Waals surface area contributed by atoms with Crippen LogP contribution in [-0.2, 0) is 6.54 Å². The Morgan fingerprint density at radius 1 is 1.14 bits per heavy atom. The molecule has 3 nitrogen and oxygen atoms in total. The van der Waals surface area contributed by atoms with Crippen LogP contribution in [0, 0.1) is 0 Å². The number of aromatic hydroxyl groups is 1. The minimum Gasteiger partial charge on any atom is -0.506 e. The minimum absolute atomic E-state index is 0.224. The van der Waals surface area contributed by atoms with Gasteiger partial charge in [0, 0.05) is 12.6 Å². The van der Waals surface area contributed by atoms with E-state index >= 15 is 0 Å². The van der Waals surface area contributed by atoms with Crippen molar-refractivity contribution >= 4 is 31.9 Å². The molecule has 0 radical (unpaired) electrons. The smallest absolute Gasteiger partial charge is 0.143 e. The van der Waals surface area contributed by atoms with E-state index in [2.05, 4.69) is 56.2 Å². The molecule has 0 fully saturated rings. The molecule has 1 atom stereocenters. The van der Waals surface area contributed by atoms with Crippen LogP contribution in [0.2, 0.25) is 0 Å². The van der Waals surface area contributed by atoms with Crippen molar-refractivity contribution in [3.63, 3.8) is 0 Å². The number of methoxy groups -OCH3 is 1. The Balaban J connectivity index is 2.01. The Labute approximate surface area is 141 Å². The Hall–Kier alpha value is -1.04. The van der Waals surface area contributed by atoms with Crippen LogP contribution in [0.4, 0.5) is 0 Å². The molecule has 0 saturated carbocycles. The predicted octanol–water partition coefficient (Wildman–Crippen LogP) is 4.78. The predicted molar refractivity (Wildman–Crippen MR) is 91.8 cm³/mol. The lowest BCUT2D eigenvalue weighted by Crippen LogP contribution is -2.18. The monoisotopic (exact) mass is 413 g/mol. The highest BCUT2D eigenvalue weighted by molar-refractivity contribution is 9.11. The van der Waals surface area contributed by atoms with E-state index in [0.29, 0.717) is 15.5 Å². The van der Waals surface area contributed by atoms with Crippen LogP contribution >= 0.6 is 31.9 Å². The van der Waals surface area contributed by atoms with E-state index in [1.54, 1.807) is 7.11 Å². The van der Waals surface area contributed by atoms with Gasteiger partial charge in [0.05, 0.1) is 16.1 Å². The maximum atomic E-state index is 9.71. The fourth-order valence-electron chi connectivity index (χ4n) is 2.00. The fraction of sp³-hybridized carbons (Fsp3) is 0.250. The number of rotatable bonds is 5. The average molecular weight is 415 g/mol. The van der Waals surface area contributed by atoms with Gasteiger partial charge in [-0.3, -0.25) is 0 Å². The molecule has 2 aromatic carbocycles. The lowest BCUT2D eigenvalue weighted by atomic mass is 10.1. The van der Waals surface area contributed by atoms with Crippen LogP contribution in [0.25, 0.3) is 0 Å². The highest BCUT2D eigenvalue weighted by atomic mass is 79.9. The first-order valence-corrected chi connectivity index (χ1v) is 8.14. The van der Waals surface area contributed by atoms with E-state index in [-0.39, 0.29) is 11.8 Å².